The Morgan fingerprint density at radius 3 is 2.51 bits per heavy atom. The number of fused-ring (bicyclic) bond motifs is 1. The number of pyridine rings is 1. The van der Waals surface area contributed by atoms with E-state index in [4.69, 9.17) is 11.5 Å². The molecular weight excluding hydrogens is 464 g/mol. The molecule has 2 aromatic rings. The Labute approximate surface area is 220 Å². The van der Waals surface area contributed by atoms with Crippen LogP contribution in [0.1, 0.15) is 80.3 Å². The number of nitrogens with two attached hydrogens (primary N) is 2. The lowest BCUT2D eigenvalue weighted by atomic mass is 10.0. The van der Waals surface area contributed by atoms with Gasteiger partial charge < -0.3 is 21.7 Å². The van der Waals surface area contributed by atoms with Crippen molar-refractivity contribution in [2.75, 3.05) is 25.0 Å². The SMILES string of the molecule is CCCN(CCC)C(=O)C1=Cc2ccc(C(=O)Nc3cncc(CCCCCCN)c3)cc2N=C(N)C1. The lowest BCUT2D eigenvalue weighted by molar-refractivity contribution is -0.127. The van der Waals surface area contributed by atoms with Crippen LogP contribution in [0.5, 0.6) is 0 Å². The lowest BCUT2D eigenvalue weighted by Gasteiger charge is -2.22. The number of hydrogen-bond acceptors (Lipinski definition) is 6. The molecule has 0 unspecified atom stereocenters. The first-order valence-corrected chi connectivity index (χ1v) is 13.4. The van der Waals surface area contributed by atoms with Crippen LogP contribution in [0.25, 0.3) is 6.08 Å². The number of amidine groups is 1. The van der Waals surface area contributed by atoms with E-state index < -0.39 is 0 Å². The second kappa shape index (κ2) is 14.3. The number of aryl methyl sites for hydroxylation is 1. The number of rotatable bonds is 13. The van der Waals surface area contributed by atoms with Gasteiger partial charge in [0.05, 0.1) is 17.6 Å². The number of benzene rings is 1. The molecule has 8 heteroatoms. The molecule has 5 N–H and O–H groups in total. The van der Waals surface area contributed by atoms with E-state index in [1.54, 1.807) is 18.3 Å². The fourth-order valence-corrected chi connectivity index (χ4v) is 4.45. The fraction of sp³-hybridized carbons (Fsp3) is 0.448. The number of carbonyl (C=O) groups excluding carboxylic acids is 2. The largest absolute Gasteiger partial charge is 0.387 e. The Hall–Kier alpha value is -3.52. The number of aliphatic imine (C=N–C) groups is 1. The molecule has 0 aliphatic carbocycles. The van der Waals surface area contributed by atoms with Crippen LogP contribution < -0.4 is 16.8 Å². The minimum absolute atomic E-state index is 0.0109. The summed E-state index contributed by atoms with van der Waals surface area (Å²) in [7, 11) is 0. The maximum absolute atomic E-state index is 13.2. The maximum Gasteiger partial charge on any atom is 0.255 e. The van der Waals surface area contributed by atoms with E-state index in [1.807, 2.05) is 29.3 Å². The van der Waals surface area contributed by atoms with E-state index in [1.165, 1.54) is 0 Å². The van der Waals surface area contributed by atoms with Crippen LogP contribution in [0.3, 0.4) is 0 Å². The second-order valence-corrected chi connectivity index (χ2v) is 9.50. The highest BCUT2D eigenvalue weighted by molar-refractivity contribution is 6.07. The van der Waals surface area contributed by atoms with Crippen LogP contribution in [0.2, 0.25) is 0 Å². The zero-order chi connectivity index (χ0) is 26.6. The number of aromatic nitrogens is 1. The van der Waals surface area contributed by atoms with Gasteiger partial charge in [0.1, 0.15) is 5.84 Å². The minimum atomic E-state index is -0.250. The van der Waals surface area contributed by atoms with Gasteiger partial charge in [-0.05, 0) is 68.5 Å². The summed E-state index contributed by atoms with van der Waals surface area (Å²) in [4.78, 5) is 36.9. The van der Waals surface area contributed by atoms with E-state index in [0.29, 0.717) is 41.4 Å². The van der Waals surface area contributed by atoms with E-state index in [9.17, 15) is 9.59 Å². The minimum Gasteiger partial charge on any atom is -0.387 e. The number of nitrogens with one attached hydrogen (secondary N) is 1. The molecule has 0 fully saturated rings. The summed E-state index contributed by atoms with van der Waals surface area (Å²) in [5.74, 6) is 0.0931. The number of hydrogen-bond donors (Lipinski definition) is 3. The van der Waals surface area contributed by atoms with E-state index in [-0.39, 0.29) is 18.2 Å². The highest BCUT2D eigenvalue weighted by Crippen LogP contribution is 2.29. The van der Waals surface area contributed by atoms with Crippen LogP contribution in [-0.4, -0.2) is 47.2 Å². The van der Waals surface area contributed by atoms with Crippen LogP contribution >= 0.6 is 0 Å². The molecule has 2 amide bonds. The summed E-state index contributed by atoms with van der Waals surface area (Å²) in [6, 6.07) is 7.24. The predicted molar refractivity (Wildman–Crippen MR) is 151 cm³/mol. The number of carbonyl (C=O) groups is 2. The monoisotopic (exact) mass is 504 g/mol. The topological polar surface area (TPSA) is 127 Å². The van der Waals surface area contributed by atoms with Gasteiger partial charge in [-0.3, -0.25) is 14.6 Å². The molecule has 198 valence electrons. The standard InChI is InChI=1S/C29H40N6O2/c1-3-13-35(14-4-2)29(37)24-16-22-10-11-23(17-26(22)34-27(31)18-24)28(36)33-25-15-21(19-32-20-25)9-7-5-6-8-12-30/h10-11,15-17,19-20H,3-9,12-14,18,30H2,1-2H3,(H2,31,34)(H,33,36). The van der Waals surface area contributed by atoms with Gasteiger partial charge >= 0.3 is 0 Å². The summed E-state index contributed by atoms with van der Waals surface area (Å²) >= 11 is 0. The Balaban J connectivity index is 1.73. The number of unbranched alkanes of at least 4 members (excludes halogenated alkanes) is 3. The molecule has 0 saturated carbocycles. The quantitative estimate of drug-likeness (QED) is 0.337. The maximum atomic E-state index is 13.2. The number of amides is 2. The Kier molecular flexibility index (Phi) is 10.8. The molecule has 0 spiro atoms. The molecule has 0 atom stereocenters. The number of anilines is 1. The molecule has 1 aliphatic heterocycles. The molecule has 1 aliphatic rings. The molecular formula is C29H40N6O2. The molecule has 37 heavy (non-hydrogen) atoms. The third-order valence-corrected chi connectivity index (χ3v) is 6.28. The van der Waals surface area contributed by atoms with Crippen molar-refractivity contribution in [1.29, 1.82) is 0 Å². The van der Waals surface area contributed by atoms with Gasteiger partial charge in [0.15, 0.2) is 0 Å². The third-order valence-electron chi connectivity index (χ3n) is 6.28. The van der Waals surface area contributed by atoms with Gasteiger partial charge in [-0.2, -0.15) is 0 Å². The predicted octanol–water partition coefficient (Wildman–Crippen LogP) is 4.82. The summed E-state index contributed by atoms with van der Waals surface area (Å²) in [5.41, 5.74) is 15.9. The first-order chi connectivity index (χ1) is 17.9. The van der Waals surface area contributed by atoms with Gasteiger partial charge in [0.2, 0.25) is 5.91 Å². The highest BCUT2D eigenvalue weighted by Gasteiger charge is 2.21. The average Bonchev–Trinajstić information content (AvgIpc) is 3.05. The molecule has 0 bridgehead atoms. The summed E-state index contributed by atoms with van der Waals surface area (Å²) in [6.07, 6.45) is 12.7. The molecule has 8 nitrogen and oxygen atoms in total. The molecule has 0 saturated heterocycles. The second-order valence-electron chi connectivity index (χ2n) is 9.50. The molecule has 1 aromatic carbocycles. The van der Waals surface area contributed by atoms with Crippen molar-refractivity contribution >= 4 is 35.1 Å². The molecule has 0 radical (unpaired) electrons. The summed E-state index contributed by atoms with van der Waals surface area (Å²) < 4.78 is 0. The molecule has 2 heterocycles. The average molecular weight is 505 g/mol. The molecule has 3 rings (SSSR count). The fourth-order valence-electron chi connectivity index (χ4n) is 4.45. The van der Waals surface area contributed by atoms with Gasteiger partial charge in [0, 0.05) is 42.4 Å². The molecule has 1 aromatic heterocycles. The van der Waals surface area contributed by atoms with Crippen molar-refractivity contribution in [3.63, 3.8) is 0 Å². The van der Waals surface area contributed by atoms with Crippen LogP contribution in [0.15, 0.2) is 47.2 Å². The zero-order valence-corrected chi connectivity index (χ0v) is 22.1. The van der Waals surface area contributed by atoms with Crippen molar-refractivity contribution in [3.05, 3.63) is 58.9 Å². The summed E-state index contributed by atoms with van der Waals surface area (Å²) in [5, 5.41) is 2.94. The number of nitrogens with zero attached hydrogens (tertiary/aromatic N) is 3. The smallest absolute Gasteiger partial charge is 0.255 e. The first-order valence-electron chi connectivity index (χ1n) is 13.4. The van der Waals surface area contributed by atoms with Crippen molar-refractivity contribution in [2.45, 2.75) is 65.2 Å². The van der Waals surface area contributed by atoms with Crippen LogP contribution in [-0.2, 0) is 11.2 Å². The summed E-state index contributed by atoms with van der Waals surface area (Å²) in [6.45, 7) is 6.27. The third kappa shape index (κ3) is 8.25. The van der Waals surface area contributed by atoms with E-state index >= 15 is 0 Å². The van der Waals surface area contributed by atoms with Crippen molar-refractivity contribution in [1.82, 2.24) is 9.88 Å². The van der Waals surface area contributed by atoms with E-state index in [2.05, 4.69) is 29.1 Å². The Morgan fingerprint density at radius 2 is 1.78 bits per heavy atom. The van der Waals surface area contributed by atoms with Crippen molar-refractivity contribution in [3.8, 4) is 0 Å². The van der Waals surface area contributed by atoms with Gasteiger partial charge in [0.25, 0.3) is 5.91 Å². The zero-order valence-electron chi connectivity index (χ0n) is 22.1. The lowest BCUT2D eigenvalue weighted by Crippen LogP contribution is -2.34. The van der Waals surface area contributed by atoms with E-state index in [0.717, 1.165) is 62.6 Å². The normalized spacial score (nSPS) is 12.7. The Bertz CT molecular complexity index is 1130. The van der Waals surface area contributed by atoms with Crippen molar-refractivity contribution in [2.24, 2.45) is 16.5 Å². The van der Waals surface area contributed by atoms with Gasteiger partial charge in [-0.25, -0.2) is 4.99 Å². The first kappa shape index (κ1) is 28.1. The Morgan fingerprint density at radius 1 is 1.03 bits per heavy atom. The highest BCUT2D eigenvalue weighted by atomic mass is 16.2. The van der Waals surface area contributed by atoms with Crippen LogP contribution in [0.4, 0.5) is 11.4 Å². The van der Waals surface area contributed by atoms with Gasteiger partial charge in [-0.1, -0.05) is 32.8 Å². The van der Waals surface area contributed by atoms with Crippen LogP contribution in [0, 0.1) is 0 Å². The van der Waals surface area contributed by atoms with Gasteiger partial charge in [-0.15, -0.1) is 0 Å². The van der Waals surface area contributed by atoms with Crippen molar-refractivity contribution < 1.29 is 9.59 Å².